The van der Waals surface area contributed by atoms with E-state index in [4.69, 9.17) is 16.3 Å². The second-order valence-corrected chi connectivity index (χ2v) is 6.46. The fourth-order valence-corrected chi connectivity index (χ4v) is 2.54. The molecule has 0 atom stereocenters. The van der Waals surface area contributed by atoms with E-state index in [1.54, 1.807) is 6.07 Å². The van der Waals surface area contributed by atoms with Crippen molar-refractivity contribution in [3.05, 3.63) is 33.8 Å². The van der Waals surface area contributed by atoms with Crippen LogP contribution in [0.3, 0.4) is 0 Å². The molecular weight excluding hydrogens is 294 g/mol. The Morgan fingerprint density at radius 1 is 1.35 bits per heavy atom. The predicted octanol–water partition coefficient (Wildman–Crippen LogP) is 4.04. The summed E-state index contributed by atoms with van der Waals surface area (Å²) in [5, 5.41) is 13.7. The molecule has 2 rings (SSSR count). The average molecular weight is 312 g/mol. The van der Waals surface area contributed by atoms with Crippen LogP contribution in [0.15, 0.2) is 18.2 Å². The van der Waals surface area contributed by atoms with Gasteiger partial charge < -0.3 is 10.1 Å². The largest absolute Gasteiger partial charge is 0.430 e. The Morgan fingerprint density at radius 2 is 2.15 bits per heavy atom. The van der Waals surface area contributed by atoms with Crippen LogP contribution in [0.5, 0.6) is 10.9 Å². The topological polar surface area (TPSA) is 47.0 Å². The quantitative estimate of drug-likeness (QED) is 0.874. The standard InChI is InChI=1S/C14H18ClN3OS/c1-9(2)7-16-8-13-17-18-14(20-13)19-12-5-4-11(15)6-10(12)3/h4-6,9,16H,7-8H2,1-3H3. The minimum Gasteiger partial charge on any atom is -0.430 e. The summed E-state index contributed by atoms with van der Waals surface area (Å²) in [4.78, 5) is 0. The minimum atomic E-state index is 0.553. The van der Waals surface area contributed by atoms with E-state index in [9.17, 15) is 0 Å². The zero-order valence-corrected chi connectivity index (χ0v) is 13.4. The van der Waals surface area contributed by atoms with Crippen molar-refractivity contribution >= 4 is 22.9 Å². The van der Waals surface area contributed by atoms with Crippen LogP contribution in [0, 0.1) is 12.8 Å². The summed E-state index contributed by atoms with van der Waals surface area (Å²) in [6.45, 7) is 7.98. The van der Waals surface area contributed by atoms with Crippen molar-refractivity contribution in [2.75, 3.05) is 6.54 Å². The van der Waals surface area contributed by atoms with Crippen LogP contribution in [0.25, 0.3) is 0 Å². The number of hydrogen-bond donors (Lipinski definition) is 1. The first-order valence-electron chi connectivity index (χ1n) is 6.51. The number of rotatable bonds is 6. The van der Waals surface area contributed by atoms with E-state index in [1.807, 2.05) is 19.1 Å². The molecule has 1 aromatic carbocycles. The molecule has 0 aliphatic rings. The molecule has 1 aromatic heterocycles. The van der Waals surface area contributed by atoms with Gasteiger partial charge in [0.1, 0.15) is 10.8 Å². The molecular formula is C14H18ClN3OS. The van der Waals surface area contributed by atoms with Crippen LogP contribution in [-0.4, -0.2) is 16.7 Å². The van der Waals surface area contributed by atoms with E-state index < -0.39 is 0 Å². The van der Waals surface area contributed by atoms with Gasteiger partial charge in [0.15, 0.2) is 0 Å². The molecule has 1 heterocycles. The molecule has 0 amide bonds. The molecule has 6 heteroatoms. The summed E-state index contributed by atoms with van der Waals surface area (Å²) in [6.07, 6.45) is 0. The lowest BCUT2D eigenvalue weighted by molar-refractivity contribution is 0.469. The van der Waals surface area contributed by atoms with Gasteiger partial charge in [0.25, 0.3) is 5.19 Å². The van der Waals surface area contributed by atoms with Gasteiger partial charge in [0.05, 0.1) is 0 Å². The highest BCUT2D eigenvalue weighted by molar-refractivity contribution is 7.13. The van der Waals surface area contributed by atoms with Crippen LogP contribution in [0.4, 0.5) is 0 Å². The fraction of sp³-hybridized carbons (Fsp3) is 0.429. The number of aromatic nitrogens is 2. The van der Waals surface area contributed by atoms with E-state index in [-0.39, 0.29) is 0 Å². The van der Waals surface area contributed by atoms with Gasteiger partial charge in [0, 0.05) is 11.6 Å². The fourth-order valence-electron chi connectivity index (χ4n) is 1.64. The smallest absolute Gasteiger partial charge is 0.299 e. The van der Waals surface area contributed by atoms with Gasteiger partial charge in [-0.2, -0.15) is 0 Å². The lowest BCUT2D eigenvalue weighted by Gasteiger charge is -2.05. The van der Waals surface area contributed by atoms with Crippen molar-refractivity contribution in [3.8, 4) is 10.9 Å². The summed E-state index contributed by atoms with van der Waals surface area (Å²) in [7, 11) is 0. The van der Waals surface area contributed by atoms with Crippen molar-refractivity contribution in [2.24, 2.45) is 5.92 Å². The maximum Gasteiger partial charge on any atom is 0.299 e. The Kier molecular flexibility index (Phi) is 5.34. The third-order valence-corrected chi connectivity index (χ3v) is 3.65. The molecule has 0 aliphatic carbocycles. The van der Waals surface area contributed by atoms with E-state index in [0.717, 1.165) is 29.4 Å². The summed E-state index contributed by atoms with van der Waals surface area (Å²) >= 11 is 7.37. The van der Waals surface area contributed by atoms with Crippen molar-refractivity contribution in [3.63, 3.8) is 0 Å². The van der Waals surface area contributed by atoms with Crippen LogP contribution in [0.1, 0.15) is 24.4 Å². The average Bonchev–Trinajstić information content (AvgIpc) is 2.80. The molecule has 0 saturated heterocycles. The molecule has 0 radical (unpaired) electrons. The van der Waals surface area contributed by atoms with E-state index >= 15 is 0 Å². The van der Waals surface area contributed by atoms with E-state index in [2.05, 4.69) is 29.4 Å². The molecule has 1 N–H and O–H groups in total. The number of nitrogens with zero attached hydrogens (tertiary/aromatic N) is 2. The number of nitrogens with one attached hydrogen (secondary N) is 1. The van der Waals surface area contributed by atoms with Crippen molar-refractivity contribution in [1.82, 2.24) is 15.5 Å². The third kappa shape index (κ3) is 4.44. The van der Waals surface area contributed by atoms with Gasteiger partial charge in [-0.1, -0.05) is 41.9 Å². The maximum absolute atomic E-state index is 5.92. The zero-order chi connectivity index (χ0) is 14.5. The van der Waals surface area contributed by atoms with Gasteiger partial charge in [-0.15, -0.1) is 5.10 Å². The van der Waals surface area contributed by atoms with Crippen LogP contribution in [0.2, 0.25) is 5.02 Å². The van der Waals surface area contributed by atoms with Crippen molar-refractivity contribution in [1.29, 1.82) is 0 Å². The molecule has 2 aromatic rings. The molecule has 0 saturated carbocycles. The number of aryl methyl sites for hydroxylation is 1. The Hall–Kier alpha value is -1.17. The molecule has 0 spiro atoms. The van der Waals surface area contributed by atoms with Gasteiger partial charge in [-0.05, 0) is 43.1 Å². The maximum atomic E-state index is 5.92. The van der Waals surface area contributed by atoms with E-state index in [1.165, 1.54) is 11.3 Å². The first-order chi connectivity index (χ1) is 9.54. The number of ether oxygens (including phenoxy) is 1. The van der Waals surface area contributed by atoms with Gasteiger partial charge in [0.2, 0.25) is 0 Å². The van der Waals surface area contributed by atoms with Crippen molar-refractivity contribution < 1.29 is 4.74 Å². The van der Waals surface area contributed by atoms with Crippen LogP contribution >= 0.6 is 22.9 Å². The lowest BCUT2D eigenvalue weighted by Crippen LogP contribution is -2.18. The lowest BCUT2D eigenvalue weighted by atomic mass is 10.2. The molecule has 108 valence electrons. The summed E-state index contributed by atoms with van der Waals surface area (Å²) in [5.74, 6) is 1.38. The number of hydrogen-bond acceptors (Lipinski definition) is 5. The minimum absolute atomic E-state index is 0.553. The third-order valence-electron chi connectivity index (χ3n) is 2.61. The highest BCUT2D eigenvalue weighted by atomic mass is 35.5. The van der Waals surface area contributed by atoms with Gasteiger partial charge in [-0.3, -0.25) is 0 Å². The van der Waals surface area contributed by atoms with Crippen LogP contribution in [-0.2, 0) is 6.54 Å². The highest BCUT2D eigenvalue weighted by Crippen LogP contribution is 2.29. The molecule has 0 aliphatic heterocycles. The number of halogens is 1. The van der Waals surface area contributed by atoms with Crippen LogP contribution < -0.4 is 10.1 Å². The Morgan fingerprint density at radius 3 is 2.85 bits per heavy atom. The number of benzene rings is 1. The summed E-state index contributed by atoms with van der Waals surface area (Å²) < 4.78 is 5.73. The Labute approximate surface area is 128 Å². The first kappa shape index (κ1) is 15.2. The van der Waals surface area contributed by atoms with E-state index in [0.29, 0.717) is 16.1 Å². The molecule has 0 bridgehead atoms. The Balaban J connectivity index is 1.95. The SMILES string of the molecule is Cc1cc(Cl)ccc1Oc1nnc(CNCC(C)C)s1. The second kappa shape index (κ2) is 7.02. The zero-order valence-electron chi connectivity index (χ0n) is 11.8. The Bertz CT molecular complexity index is 571. The highest BCUT2D eigenvalue weighted by Gasteiger charge is 2.08. The van der Waals surface area contributed by atoms with Crippen molar-refractivity contribution in [2.45, 2.75) is 27.3 Å². The summed E-state index contributed by atoms with van der Waals surface area (Å²) in [5.41, 5.74) is 0.979. The molecule has 20 heavy (non-hydrogen) atoms. The molecule has 0 unspecified atom stereocenters. The van der Waals surface area contributed by atoms with Gasteiger partial charge in [-0.25, -0.2) is 0 Å². The second-order valence-electron chi connectivity index (χ2n) is 5.00. The monoisotopic (exact) mass is 311 g/mol. The predicted molar refractivity (Wildman–Crippen MR) is 82.7 cm³/mol. The van der Waals surface area contributed by atoms with Gasteiger partial charge >= 0.3 is 0 Å². The first-order valence-corrected chi connectivity index (χ1v) is 7.71. The normalized spacial score (nSPS) is 11.1. The molecule has 0 fully saturated rings. The molecule has 4 nitrogen and oxygen atoms in total. The summed E-state index contributed by atoms with van der Waals surface area (Å²) in [6, 6.07) is 5.51.